The predicted molar refractivity (Wildman–Crippen MR) is 42.0 cm³/mol. The zero-order valence-electron chi connectivity index (χ0n) is 6.23. The second kappa shape index (κ2) is 2.20. The molecule has 0 spiro atoms. The van der Waals surface area contributed by atoms with Crippen LogP contribution < -0.4 is 11.1 Å². The number of nitrogen functional groups attached to an aromatic ring is 1. The van der Waals surface area contributed by atoms with Crippen molar-refractivity contribution in [3.63, 3.8) is 0 Å². The molecule has 1 aromatic carbocycles. The van der Waals surface area contributed by atoms with E-state index in [4.69, 9.17) is 5.73 Å². The zero-order chi connectivity index (χ0) is 8.72. The van der Waals surface area contributed by atoms with E-state index in [1.807, 2.05) is 0 Å². The fourth-order valence-electron chi connectivity index (χ4n) is 1.32. The summed E-state index contributed by atoms with van der Waals surface area (Å²) in [6.07, 6.45) is 0. The average molecular weight is 166 g/mol. The second-order valence-corrected chi connectivity index (χ2v) is 2.68. The zero-order valence-corrected chi connectivity index (χ0v) is 6.23. The van der Waals surface area contributed by atoms with Crippen molar-refractivity contribution < 1.29 is 9.18 Å². The van der Waals surface area contributed by atoms with Gasteiger partial charge in [0.2, 0.25) is 0 Å². The highest BCUT2D eigenvalue weighted by molar-refractivity contribution is 6.03. The molecule has 0 saturated heterocycles. The maximum Gasteiger partial charge on any atom is 0.254 e. The fourth-order valence-corrected chi connectivity index (χ4v) is 1.32. The number of fused-ring (bicyclic) bond motifs is 1. The first-order valence-electron chi connectivity index (χ1n) is 3.55. The van der Waals surface area contributed by atoms with Gasteiger partial charge < -0.3 is 11.1 Å². The van der Waals surface area contributed by atoms with E-state index in [1.54, 1.807) is 6.07 Å². The van der Waals surface area contributed by atoms with Gasteiger partial charge in [0.25, 0.3) is 5.91 Å². The quantitative estimate of drug-likeness (QED) is 0.556. The molecule has 62 valence electrons. The summed E-state index contributed by atoms with van der Waals surface area (Å²) in [5, 5.41) is 2.57. The Hall–Kier alpha value is -1.58. The molecule has 1 aromatic rings. The number of carbonyl (C=O) groups is 1. The van der Waals surface area contributed by atoms with Crippen molar-refractivity contribution in [2.24, 2.45) is 0 Å². The van der Waals surface area contributed by atoms with Gasteiger partial charge in [0.15, 0.2) is 0 Å². The molecular weight excluding hydrogens is 159 g/mol. The number of hydrogen-bond donors (Lipinski definition) is 2. The lowest BCUT2D eigenvalue weighted by molar-refractivity contribution is 0.0966. The number of halogens is 1. The van der Waals surface area contributed by atoms with Gasteiger partial charge >= 0.3 is 0 Å². The van der Waals surface area contributed by atoms with Gasteiger partial charge in [-0.2, -0.15) is 0 Å². The molecule has 12 heavy (non-hydrogen) atoms. The molecular formula is C8H7FN2O. The van der Waals surface area contributed by atoms with Crippen LogP contribution in [0.15, 0.2) is 12.1 Å². The number of anilines is 1. The van der Waals surface area contributed by atoms with Crippen molar-refractivity contribution in [2.75, 3.05) is 5.73 Å². The maximum atomic E-state index is 12.8. The van der Waals surface area contributed by atoms with E-state index in [0.717, 1.165) is 5.56 Å². The smallest absolute Gasteiger partial charge is 0.254 e. The van der Waals surface area contributed by atoms with Crippen molar-refractivity contribution >= 4 is 11.6 Å². The van der Waals surface area contributed by atoms with Crippen molar-refractivity contribution in [2.45, 2.75) is 6.54 Å². The molecule has 0 unspecified atom stereocenters. The lowest BCUT2D eigenvalue weighted by Crippen LogP contribution is -2.14. The normalized spacial score (nSPS) is 14.2. The van der Waals surface area contributed by atoms with E-state index >= 15 is 0 Å². The van der Waals surface area contributed by atoms with Gasteiger partial charge in [-0.1, -0.05) is 6.07 Å². The van der Waals surface area contributed by atoms with Crippen LogP contribution in [0.25, 0.3) is 0 Å². The molecule has 0 fully saturated rings. The Kier molecular flexibility index (Phi) is 1.30. The van der Waals surface area contributed by atoms with Crippen LogP contribution in [0, 0.1) is 5.82 Å². The molecule has 3 nitrogen and oxygen atoms in total. The van der Waals surface area contributed by atoms with Crippen LogP contribution in [0.4, 0.5) is 10.1 Å². The first-order valence-corrected chi connectivity index (χ1v) is 3.55. The molecule has 0 aliphatic carbocycles. The Morgan fingerprint density at radius 2 is 2.25 bits per heavy atom. The summed E-state index contributed by atoms with van der Waals surface area (Å²) >= 11 is 0. The van der Waals surface area contributed by atoms with E-state index in [-0.39, 0.29) is 17.2 Å². The fraction of sp³-hybridized carbons (Fsp3) is 0.125. The van der Waals surface area contributed by atoms with Crippen molar-refractivity contribution in [3.05, 3.63) is 29.1 Å². The van der Waals surface area contributed by atoms with E-state index in [2.05, 4.69) is 5.32 Å². The van der Waals surface area contributed by atoms with Crippen LogP contribution >= 0.6 is 0 Å². The summed E-state index contributed by atoms with van der Waals surface area (Å²) in [5.41, 5.74) is 6.39. The average Bonchev–Trinajstić information content (AvgIpc) is 2.41. The highest BCUT2D eigenvalue weighted by Gasteiger charge is 2.22. The summed E-state index contributed by atoms with van der Waals surface area (Å²) in [5.74, 6) is -0.826. The summed E-state index contributed by atoms with van der Waals surface area (Å²) < 4.78 is 12.8. The van der Waals surface area contributed by atoms with Crippen molar-refractivity contribution in [1.29, 1.82) is 0 Å². The van der Waals surface area contributed by atoms with Crippen molar-refractivity contribution in [3.8, 4) is 0 Å². The standard InChI is InChI=1S/C8H7FN2O/c9-5-2-1-4-3-11-8(12)6(4)7(5)10/h1-2H,3,10H2,(H,11,12). The van der Waals surface area contributed by atoms with Gasteiger partial charge in [0.1, 0.15) is 5.82 Å². The van der Waals surface area contributed by atoms with Crippen LogP contribution in [-0.2, 0) is 6.54 Å². The van der Waals surface area contributed by atoms with E-state index < -0.39 is 5.82 Å². The molecule has 1 heterocycles. The van der Waals surface area contributed by atoms with Crippen LogP contribution in [0.2, 0.25) is 0 Å². The van der Waals surface area contributed by atoms with Gasteiger partial charge in [-0.15, -0.1) is 0 Å². The molecule has 0 bridgehead atoms. The number of amides is 1. The maximum absolute atomic E-state index is 12.8. The molecule has 3 N–H and O–H groups in total. The van der Waals surface area contributed by atoms with Gasteiger partial charge in [-0.3, -0.25) is 4.79 Å². The Morgan fingerprint density at radius 1 is 1.50 bits per heavy atom. The van der Waals surface area contributed by atoms with Crippen LogP contribution in [0.3, 0.4) is 0 Å². The lowest BCUT2D eigenvalue weighted by atomic mass is 10.1. The SMILES string of the molecule is Nc1c(F)ccc2c1C(=O)NC2. The first-order chi connectivity index (χ1) is 5.70. The van der Waals surface area contributed by atoms with Crippen LogP contribution in [0.5, 0.6) is 0 Å². The number of nitrogens with two attached hydrogens (primary N) is 1. The Bertz CT molecular complexity index is 362. The number of rotatable bonds is 0. The number of carbonyl (C=O) groups excluding carboxylic acids is 1. The summed E-state index contributed by atoms with van der Waals surface area (Å²) in [4.78, 5) is 11.1. The summed E-state index contributed by atoms with van der Waals surface area (Å²) in [6.45, 7) is 0.443. The van der Waals surface area contributed by atoms with Gasteiger partial charge in [-0.05, 0) is 11.6 Å². The molecule has 0 radical (unpaired) electrons. The predicted octanol–water partition coefficient (Wildman–Crippen LogP) is 0.651. The largest absolute Gasteiger partial charge is 0.396 e. The Morgan fingerprint density at radius 3 is 3.00 bits per heavy atom. The topological polar surface area (TPSA) is 55.1 Å². The molecule has 1 aliphatic heterocycles. The summed E-state index contributed by atoms with van der Waals surface area (Å²) in [6, 6.07) is 2.84. The molecule has 1 aliphatic rings. The third-order valence-corrected chi connectivity index (χ3v) is 1.95. The second-order valence-electron chi connectivity index (χ2n) is 2.68. The number of hydrogen-bond acceptors (Lipinski definition) is 2. The first kappa shape index (κ1) is 7.09. The van der Waals surface area contributed by atoms with Crippen LogP contribution in [0.1, 0.15) is 15.9 Å². The highest BCUT2D eigenvalue weighted by Crippen LogP contribution is 2.24. The van der Waals surface area contributed by atoms with Crippen LogP contribution in [-0.4, -0.2) is 5.91 Å². The minimum absolute atomic E-state index is 0.0532. The van der Waals surface area contributed by atoms with Gasteiger partial charge in [0.05, 0.1) is 11.3 Å². The monoisotopic (exact) mass is 166 g/mol. The highest BCUT2D eigenvalue weighted by atomic mass is 19.1. The minimum Gasteiger partial charge on any atom is -0.396 e. The third-order valence-electron chi connectivity index (χ3n) is 1.95. The van der Waals surface area contributed by atoms with Crippen molar-refractivity contribution in [1.82, 2.24) is 5.32 Å². The summed E-state index contributed by atoms with van der Waals surface area (Å²) in [7, 11) is 0. The lowest BCUT2D eigenvalue weighted by Gasteiger charge is -2.00. The number of benzene rings is 1. The Labute approximate surface area is 68.4 Å². The Balaban J connectivity index is 2.71. The molecule has 0 aromatic heterocycles. The molecule has 0 atom stereocenters. The molecule has 0 saturated carbocycles. The van der Waals surface area contributed by atoms with E-state index in [1.165, 1.54) is 6.07 Å². The minimum atomic E-state index is -0.536. The van der Waals surface area contributed by atoms with E-state index in [9.17, 15) is 9.18 Å². The molecule has 4 heteroatoms. The molecule has 1 amide bonds. The van der Waals surface area contributed by atoms with E-state index in [0.29, 0.717) is 6.54 Å². The van der Waals surface area contributed by atoms with Gasteiger partial charge in [-0.25, -0.2) is 4.39 Å². The van der Waals surface area contributed by atoms with Gasteiger partial charge in [0, 0.05) is 6.54 Å². The molecule has 2 rings (SSSR count). The number of nitrogens with one attached hydrogen (secondary N) is 1. The third kappa shape index (κ3) is 0.777.